The molecule has 0 aromatic heterocycles. The van der Waals surface area contributed by atoms with Crippen molar-refractivity contribution in [1.29, 1.82) is 0 Å². The third-order valence-corrected chi connectivity index (χ3v) is 13.5. The maximum absolute atomic E-state index is 13.1. The molecular weight excluding hydrogens is 949 g/mol. The first-order valence-electron chi connectivity index (χ1n) is 30.3. The topological polar surface area (TPSA) is 175 Å². The molecule has 0 saturated carbocycles. The number of ether oxygens (including phenoxy) is 5. The number of carbonyl (C=O) groups excluding carboxylic acids is 3. The van der Waals surface area contributed by atoms with Gasteiger partial charge in [-0.05, 0) is 103 Å². The van der Waals surface area contributed by atoms with Crippen molar-refractivity contribution in [1.82, 2.24) is 0 Å². The highest BCUT2D eigenvalue weighted by Crippen LogP contribution is 2.26. The summed E-state index contributed by atoms with van der Waals surface area (Å²) < 4.78 is 28.4. The lowest BCUT2D eigenvalue weighted by Gasteiger charge is -2.40. The maximum atomic E-state index is 13.1. The first-order valence-corrected chi connectivity index (χ1v) is 30.3. The number of hydrogen-bond donors (Lipinski definition) is 3. The number of aliphatic carboxylic acids is 1. The molecule has 0 bridgehead atoms. The summed E-state index contributed by atoms with van der Waals surface area (Å²) in [6.07, 6.45) is 50.4. The summed E-state index contributed by atoms with van der Waals surface area (Å²) in [6.45, 7) is 5.86. The highest BCUT2D eigenvalue weighted by Gasteiger charge is 2.50. The van der Waals surface area contributed by atoms with Crippen LogP contribution < -0.4 is 0 Å². The van der Waals surface area contributed by atoms with Crippen molar-refractivity contribution in [2.24, 2.45) is 0 Å². The van der Waals surface area contributed by atoms with Gasteiger partial charge in [0.05, 0.1) is 6.61 Å². The zero-order valence-corrected chi connectivity index (χ0v) is 47.5. The number of esters is 3. The second kappa shape index (κ2) is 51.2. The third kappa shape index (κ3) is 41.2. The van der Waals surface area contributed by atoms with Gasteiger partial charge in [0.25, 0.3) is 0 Å². The van der Waals surface area contributed by atoms with Crippen molar-refractivity contribution in [2.45, 2.75) is 302 Å². The van der Waals surface area contributed by atoms with Gasteiger partial charge in [-0.2, -0.15) is 0 Å². The summed E-state index contributed by atoms with van der Waals surface area (Å²) >= 11 is 0. The Morgan fingerprint density at radius 2 is 0.840 bits per heavy atom. The molecule has 75 heavy (non-hydrogen) atoms. The molecule has 0 aromatic carbocycles. The van der Waals surface area contributed by atoms with Gasteiger partial charge in [-0.1, -0.05) is 204 Å². The van der Waals surface area contributed by atoms with Crippen molar-refractivity contribution >= 4 is 23.9 Å². The molecule has 0 aliphatic carbocycles. The van der Waals surface area contributed by atoms with Gasteiger partial charge in [-0.15, -0.1) is 0 Å². The third-order valence-electron chi connectivity index (χ3n) is 13.5. The van der Waals surface area contributed by atoms with Crippen molar-refractivity contribution in [3.63, 3.8) is 0 Å². The van der Waals surface area contributed by atoms with Crippen LogP contribution in [0.15, 0.2) is 60.8 Å². The molecule has 0 aromatic rings. The highest BCUT2D eigenvalue weighted by molar-refractivity contribution is 5.74. The number of carboxylic acid groups (broad SMARTS) is 1. The van der Waals surface area contributed by atoms with Gasteiger partial charge >= 0.3 is 23.9 Å². The van der Waals surface area contributed by atoms with E-state index in [4.69, 9.17) is 23.7 Å². The summed E-state index contributed by atoms with van der Waals surface area (Å²) in [5.74, 6) is -3.15. The molecule has 6 atom stereocenters. The molecule has 1 heterocycles. The van der Waals surface area contributed by atoms with Crippen LogP contribution >= 0.6 is 0 Å². The van der Waals surface area contributed by atoms with Crippen LogP contribution in [0.3, 0.4) is 0 Å². The highest BCUT2D eigenvalue weighted by atomic mass is 16.7. The van der Waals surface area contributed by atoms with Crippen LogP contribution in [0.2, 0.25) is 0 Å². The van der Waals surface area contributed by atoms with Gasteiger partial charge in [0.1, 0.15) is 18.8 Å². The van der Waals surface area contributed by atoms with Crippen LogP contribution in [0.5, 0.6) is 0 Å². The van der Waals surface area contributed by atoms with Gasteiger partial charge in [0.15, 0.2) is 24.6 Å². The van der Waals surface area contributed by atoms with Crippen LogP contribution in [0, 0.1) is 0 Å². The standard InChI is InChI=1S/C63H108O12/c1-4-7-10-13-16-19-22-25-28-31-34-37-40-43-46-49-55(64)71-52-54(73-56(65)50-47-44-41-38-35-32-29-26-23-20-17-14-11-8-5-2)53-72-63-61(59(68)58(67)60(75-63)62(69)70)74-57(66)51-48-45-42-39-36-33-30-27-24-21-18-15-12-9-6-3/h7,10,16,19,25-30,54,58-61,63,67-68H,4-6,8-9,11-15,17-18,20-24,31-53H2,1-3H3,(H,69,70)/b10-7-,19-16-,28-25-,29-26-,30-27-. The predicted octanol–water partition coefficient (Wildman–Crippen LogP) is 15.6. The number of rotatable bonds is 51. The Kier molecular flexibility index (Phi) is 47.4. The fraction of sp³-hybridized carbons (Fsp3) is 0.778. The van der Waals surface area contributed by atoms with Crippen LogP contribution in [-0.4, -0.2) is 89.2 Å². The largest absolute Gasteiger partial charge is 0.479 e. The van der Waals surface area contributed by atoms with Gasteiger partial charge in [-0.25, -0.2) is 4.79 Å². The maximum Gasteiger partial charge on any atom is 0.335 e. The average molecular weight is 1060 g/mol. The molecule has 12 nitrogen and oxygen atoms in total. The van der Waals surface area contributed by atoms with E-state index in [1.54, 1.807) is 0 Å². The van der Waals surface area contributed by atoms with Gasteiger partial charge in [0, 0.05) is 19.3 Å². The van der Waals surface area contributed by atoms with Crippen molar-refractivity contribution in [3.8, 4) is 0 Å². The van der Waals surface area contributed by atoms with E-state index in [2.05, 4.69) is 81.5 Å². The van der Waals surface area contributed by atoms with E-state index in [0.717, 1.165) is 128 Å². The quantitative estimate of drug-likeness (QED) is 0.0228. The van der Waals surface area contributed by atoms with Gasteiger partial charge < -0.3 is 39.0 Å². The zero-order valence-electron chi connectivity index (χ0n) is 47.5. The molecule has 1 fully saturated rings. The first-order chi connectivity index (χ1) is 36.6. The van der Waals surface area contributed by atoms with Crippen molar-refractivity contribution in [2.75, 3.05) is 13.2 Å². The van der Waals surface area contributed by atoms with Gasteiger partial charge in [-0.3, -0.25) is 14.4 Å². The summed E-state index contributed by atoms with van der Waals surface area (Å²) in [5, 5.41) is 31.5. The predicted molar refractivity (Wildman–Crippen MR) is 303 cm³/mol. The number of aliphatic hydroxyl groups excluding tert-OH is 2. The lowest BCUT2D eigenvalue weighted by Crippen LogP contribution is -2.61. The van der Waals surface area contributed by atoms with E-state index in [1.165, 1.54) is 77.0 Å². The molecular formula is C63H108O12. The number of hydrogen-bond acceptors (Lipinski definition) is 11. The SMILES string of the molecule is CC/C=C\C/C=C\C/C=C\CCCCCCCC(=O)OCC(COC1OC(C(=O)O)C(O)C(O)C1OC(=O)CCCCCCC/C=C\CCCCCCCC)OC(=O)CCCCCCC/C=C\CCCCCCCC. The minimum Gasteiger partial charge on any atom is -0.479 e. The van der Waals surface area contributed by atoms with E-state index in [-0.39, 0.29) is 25.9 Å². The number of allylic oxidation sites excluding steroid dienone is 10. The van der Waals surface area contributed by atoms with Crippen LogP contribution in [0.4, 0.5) is 0 Å². The Bertz CT molecular complexity index is 1540. The van der Waals surface area contributed by atoms with E-state index >= 15 is 0 Å². The Morgan fingerprint density at radius 1 is 0.453 bits per heavy atom. The van der Waals surface area contributed by atoms with E-state index in [9.17, 15) is 34.5 Å². The summed E-state index contributed by atoms with van der Waals surface area (Å²) in [4.78, 5) is 51.1. The Hall–Kier alpha value is -3.58. The van der Waals surface area contributed by atoms with E-state index in [1.807, 2.05) is 0 Å². The Morgan fingerprint density at radius 3 is 1.29 bits per heavy atom. The normalized spacial score (nSPS) is 18.5. The number of unbranched alkanes of at least 4 members (excludes halogenated alkanes) is 27. The number of aliphatic hydroxyl groups is 2. The molecule has 1 aliphatic rings. The Balaban J connectivity index is 2.71. The van der Waals surface area contributed by atoms with Crippen LogP contribution in [0.1, 0.15) is 265 Å². The second-order valence-electron chi connectivity index (χ2n) is 20.6. The number of carbonyl (C=O) groups is 4. The molecule has 0 spiro atoms. The van der Waals surface area contributed by atoms with Crippen LogP contribution in [-0.2, 0) is 42.9 Å². The fourth-order valence-electron chi connectivity index (χ4n) is 8.90. The smallest absolute Gasteiger partial charge is 0.335 e. The molecule has 6 unspecified atom stereocenters. The molecule has 3 N–H and O–H groups in total. The summed E-state index contributed by atoms with van der Waals surface area (Å²) in [7, 11) is 0. The van der Waals surface area contributed by atoms with E-state index in [0.29, 0.717) is 19.3 Å². The lowest BCUT2D eigenvalue weighted by atomic mass is 9.98. The molecule has 1 saturated heterocycles. The minimum absolute atomic E-state index is 0.0479. The molecule has 1 rings (SSSR count). The summed E-state index contributed by atoms with van der Waals surface area (Å²) in [6, 6.07) is 0. The number of carboxylic acids is 1. The molecule has 432 valence electrons. The Labute approximate surface area is 456 Å². The first kappa shape index (κ1) is 69.4. The van der Waals surface area contributed by atoms with Crippen molar-refractivity contribution < 1.29 is 58.2 Å². The van der Waals surface area contributed by atoms with Crippen LogP contribution in [0.25, 0.3) is 0 Å². The van der Waals surface area contributed by atoms with Gasteiger partial charge in [0.2, 0.25) is 0 Å². The summed E-state index contributed by atoms with van der Waals surface area (Å²) in [5.41, 5.74) is 0. The van der Waals surface area contributed by atoms with E-state index < -0.39 is 67.3 Å². The van der Waals surface area contributed by atoms with Crippen molar-refractivity contribution in [3.05, 3.63) is 60.8 Å². The molecule has 0 radical (unpaired) electrons. The fourth-order valence-corrected chi connectivity index (χ4v) is 8.90. The lowest BCUT2D eigenvalue weighted by molar-refractivity contribution is -0.301. The minimum atomic E-state index is -1.91. The molecule has 12 heteroatoms. The average Bonchev–Trinajstić information content (AvgIpc) is 3.39. The second-order valence-corrected chi connectivity index (χ2v) is 20.6. The zero-order chi connectivity index (χ0) is 54.7. The monoisotopic (exact) mass is 1060 g/mol. The molecule has 1 aliphatic heterocycles. The molecule has 0 amide bonds.